The first-order chi connectivity index (χ1) is 16.3. The highest BCUT2D eigenvalue weighted by Gasteiger charge is 2.50. The Balaban J connectivity index is 1.53. The van der Waals surface area contributed by atoms with Gasteiger partial charge in [-0.1, -0.05) is 0 Å². The number of hydrogen-bond acceptors (Lipinski definition) is 8. The van der Waals surface area contributed by atoms with Crippen LogP contribution in [-0.2, 0) is 37.6 Å². The average molecular weight is 527 g/mol. The molecule has 4 atom stereocenters. The topological polar surface area (TPSA) is 122 Å². The van der Waals surface area contributed by atoms with Crippen LogP contribution in [0.4, 0.5) is 5.82 Å². The lowest BCUT2D eigenvalue weighted by Gasteiger charge is -2.43. The molecule has 2 aliphatic rings. The summed E-state index contributed by atoms with van der Waals surface area (Å²) in [6, 6.07) is 0.0177. The van der Waals surface area contributed by atoms with E-state index < -0.39 is 26.8 Å². The molecular weight excluding hydrogens is 488 g/mol. The molecule has 2 aliphatic heterocycles. The molecule has 0 radical (unpaired) electrons. The lowest BCUT2D eigenvalue weighted by Crippen LogP contribution is -2.55. The maximum atomic E-state index is 12.9. The van der Waals surface area contributed by atoms with Crippen LogP contribution in [0.3, 0.4) is 0 Å². The van der Waals surface area contributed by atoms with Gasteiger partial charge in [-0.15, -0.1) is 0 Å². The molecule has 2 saturated heterocycles. The number of piperidine rings is 1. The van der Waals surface area contributed by atoms with Gasteiger partial charge in [0.25, 0.3) is 0 Å². The van der Waals surface area contributed by atoms with E-state index in [4.69, 9.17) is 13.9 Å². The number of nitrogens with one attached hydrogen (secondary N) is 2. The monoisotopic (exact) mass is 526 g/mol. The van der Waals surface area contributed by atoms with Crippen molar-refractivity contribution in [2.24, 2.45) is 5.41 Å². The SMILES string of the molecule is C[C@@H]1OCC2(CCN(c3nc4cn[nH]c4nc3COS(=O)C(C)(C)C)CC2)[C@@H]1N[S@](=O)C(C)(C)C. The molecule has 0 aliphatic carbocycles. The van der Waals surface area contributed by atoms with Crippen molar-refractivity contribution >= 4 is 39.0 Å². The van der Waals surface area contributed by atoms with Crippen LogP contribution in [0, 0.1) is 5.41 Å². The van der Waals surface area contributed by atoms with Gasteiger partial charge in [0.05, 0.1) is 45.4 Å². The van der Waals surface area contributed by atoms with Crippen LogP contribution >= 0.6 is 0 Å². The number of aromatic nitrogens is 4. The Morgan fingerprint density at radius 3 is 2.49 bits per heavy atom. The first-order valence-corrected chi connectivity index (χ1v) is 14.3. The Labute approximate surface area is 212 Å². The molecule has 4 heterocycles. The lowest BCUT2D eigenvalue weighted by molar-refractivity contribution is 0.0973. The fraction of sp³-hybridized carbons (Fsp3) is 0.783. The number of ether oxygens (including phenoxy) is 1. The van der Waals surface area contributed by atoms with Gasteiger partial charge in [-0.2, -0.15) is 5.10 Å². The van der Waals surface area contributed by atoms with Gasteiger partial charge in [0.1, 0.15) is 17.8 Å². The third-order valence-electron chi connectivity index (χ3n) is 6.75. The number of hydrogen-bond donors (Lipinski definition) is 2. The van der Waals surface area contributed by atoms with E-state index in [0.29, 0.717) is 23.5 Å². The predicted molar refractivity (Wildman–Crippen MR) is 138 cm³/mol. The minimum Gasteiger partial charge on any atom is -0.376 e. The zero-order chi connectivity index (χ0) is 25.6. The van der Waals surface area contributed by atoms with E-state index in [1.807, 2.05) is 41.5 Å². The zero-order valence-electron chi connectivity index (χ0n) is 21.7. The summed E-state index contributed by atoms with van der Waals surface area (Å²) in [5.74, 6) is 0.731. The van der Waals surface area contributed by atoms with Crippen molar-refractivity contribution in [3.8, 4) is 0 Å². The molecule has 4 rings (SSSR count). The molecule has 1 unspecified atom stereocenters. The normalized spacial score (nSPS) is 24.8. The van der Waals surface area contributed by atoms with Crippen molar-refractivity contribution in [1.82, 2.24) is 24.9 Å². The van der Waals surface area contributed by atoms with E-state index in [-0.39, 0.29) is 28.9 Å². The second-order valence-corrected chi connectivity index (χ2v) is 15.5. The highest BCUT2D eigenvalue weighted by atomic mass is 32.2. The second-order valence-electron chi connectivity index (χ2n) is 11.5. The largest absolute Gasteiger partial charge is 0.376 e. The first kappa shape index (κ1) is 26.6. The van der Waals surface area contributed by atoms with Crippen LogP contribution in [0.2, 0.25) is 0 Å². The third-order valence-corrected chi connectivity index (χ3v) is 9.66. The van der Waals surface area contributed by atoms with E-state index in [1.165, 1.54) is 0 Å². The number of anilines is 1. The molecule has 2 aromatic rings. The van der Waals surface area contributed by atoms with E-state index >= 15 is 0 Å². The maximum Gasteiger partial charge on any atom is 0.174 e. The summed E-state index contributed by atoms with van der Waals surface area (Å²) < 4.78 is 39.7. The summed E-state index contributed by atoms with van der Waals surface area (Å²) in [6.07, 6.45) is 3.39. The number of fused-ring (bicyclic) bond motifs is 1. The number of H-pyrrole nitrogens is 1. The Morgan fingerprint density at radius 2 is 1.86 bits per heavy atom. The third kappa shape index (κ3) is 5.61. The molecule has 1 spiro atoms. The maximum absolute atomic E-state index is 12.9. The summed E-state index contributed by atoms with van der Waals surface area (Å²) >= 11 is -1.47. The highest BCUT2D eigenvalue weighted by molar-refractivity contribution is 7.84. The van der Waals surface area contributed by atoms with Crippen molar-refractivity contribution in [3.05, 3.63) is 11.9 Å². The number of rotatable bonds is 6. The molecule has 12 heteroatoms. The molecule has 0 bridgehead atoms. The van der Waals surface area contributed by atoms with Gasteiger partial charge in [-0.05, 0) is 61.3 Å². The first-order valence-electron chi connectivity index (χ1n) is 12.1. The van der Waals surface area contributed by atoms with E-state index in [9.17, 15) is 8.42 Å². The summed E-state index contributed by atoms with van der Waals surface area (Å²) in [5.41, 5.74) is 1.80. The fourth-order valence-electron chi connectivity index (χ4n) is 4.55. The van der Waals surface area contributed by atoms with Gasteiger partial charge >= 0.3 is 0 Å². The quantitative estimate of drug-likeness (QED) is 0.589. The van der Waals surface area contributed by atoms with E-state index in [1.54, 1.807) is 6.20 Å². The molecule has 196 valence electrons. The van der Waals surface area contributed by atoms with Crippen LogP contribution in [0.5, 0.6) is 0 Å². The van der Waals surface area contributed by atoms with Crippen molar-refractivity contribution in [3.63, 3.8) is 0 Å². The van der Waals surface area contributed by atoms with Crippen molar-refractivity contribution in [2.75, 3.05) is 24.6 Å². The van der Waals surface area contributed by atoms with Crippen LogP contribution < -0.4 is 9.62 Å². The highest BCUT2D eigenvalue weighted by Crippen LogP contribution is 2.43. The molecule has 0 aromatic carbocycles. The van der Waals surface area contributed by atoms with Gasteiger partial charge in [-0.25, -0.2) is 23.1 Å². The number of nitrogens with zero attached hydrogens (tertiary/aromatic N) is 4. The minimum absolute atomic E-state index is 0.00809. The second kappa shape index (κ2) is 9.77. The summed E-state index contributed by atoms with van der Waals surface area (Å²) in [4.78, 5) is 11.7. The van der Waals surface area contributed by atoms with Crippen molar-refractivity contribution in [1.29, 1.82) is 0 Å². The molecule has 35 heavy (non-hydrogen) atoms. The lowest BCUT2D eigenvalue weighted by atomic mass is 9.73. The standard InChI is InChI=1S/C23H38N6O4S2/c1-15-18(28-34(30)21(2,3)4)23(14-32-15)8-10-29(11-9-23)20-17(13-33-35(31)22(5,6)7)25-19-16(26-20)12-24-27-19/h12,15,18,28H,8-11,13-14H2,1-7H3,(H,24,25,27)/t15-,18+,34+,35?/m0/s1. The van der Waals surface area contributed by atoms with E-state index in [2.05, 4.69) is 31.7 Å². The summed E-state index contributed by atoms with van der Waals surface area (Å²) in [5, 5.41) is 6.92. The zero-order valence-corrected chi connectivity index (χ0v) is 23.3. The van der Waals surface area contributed by atoms with Crippen LogP contribution in [-0.4, -0.2) is 69.9 Å². The van der Waals surface area contributed by atoms with Gasteiger partial charge in [0, 0.05) is 18.5 Å². The molecule has 0 saturated carbocycles. The average Bonchev–Trinajstić information content (AvgIpc) is 3.36. The Bertz CT molecular complexity index is 1100. The molecule has 10 nitrogen and oxygen atoms in total. The Kier molecular flexibility index (Phi) is 7.42. The fourth-order valence-corrected chi connectivity index (χ4v) is 6.15. The van der Waals surface area contributed by atoms with Crippen molar-refractivity contribution in [2.45, 2.75) is 89.6 Å². The summed E-state index contributed by atoms with van der Waals surface area (Å²) in [6.45, 7) is 15.9. The molecule has 2 aromatic heterocycles. The van der Waals surface area contributed by atoms with Crippen LogP contribution in [0.1, 0.15) is 67.0 Å². The van der Waals surface area contributed by atoms with Gasteiger partial charge in [0.15, 0.2) is 22.5 Å². The minimum atomic E-state index is -1.47. The molecule has 2 N–H and O–H groups in total. The van der Waals surface area contributed by atoms with Gasteiger partial charge in [0.2, 0.25) is 0 Å². The van der Waals surface area contributed by atoms with Gasteiger partial charge < -0.3 is 9.64 Å². The Morgan fingerprint density at radius 1 is 1.17 bits per heavy atom. The molecule has 0 amide bonds. The Hall–Kier alpha value is -1.47. The molecule has 2 fully saturated rings. The predicted octanol–water partition coefficient (Wildman–Crippen LogP) is 2.76. The van der Waals surface area contributed by atoms with Crippen LogP contribution in [0.25, 0.3) is 11.2 Å². The smallest absolute Gasteiger partial charge is 0.174 e. The summed E-state index contributed by atoms with van der Waals surface area (Å²) in [7, 11) is -1.17. The van der Waals surface area contributed by atoms with Crippen molar-refractivity contribution < 1.29 is 17.3 Å². The number of aromatic amines is 1. The van der Waals surface area contributed by atoms with Gasteiger partial charge in [-0.3, -0.25) is 9.28 Å². The molecular formula is C23H38N6O4S2. The van der Waals surface area contributed by atoms with E-state index in [0.717, 1.165) is 31.7 Å². The van der Waals surface area contributed by atoms with Crippen LogP contribution in [0.15, 0.2) is 6.20 Å².